The molecule has 2 fully saturated rings. The summed E-state index contributed by atoms with van der Waals surface area (Å²) in [4.78, 5) is 46.6. The minimum absolute atomic E-state index is 0.0869. The van der Waals surface area contributed by atoms with E-state index in [0.29, 0.717) is 30.7 Å². The van der Waals surface area contributed by atoms with Gasteiger partial charge in [-0.25, -0.2) is 9.69 Å². The lowest BCUT2D eigenvalue weighted by Gasteiger charge is -2.40. The Balaban J connectivity index is 1.40. The molecular weight excluding hydrogens is 312 g/mol. The van der Waals surface area contributed by atoms with Crippen LogP contribution in [0.25, 0.3) is 11.0 Å². The number of fused-ring (bicyclic) bond motifs is 1. The number of aromatic nitrogens is 2. The number of carbonyl (C=O) groups excluding carboxylic acids is 3. The lowest BCUT2D eigenvalue weighted by Crippen LogP contribution is -2.54. The van der Waals surface area contributed by atoms with Gasteiger partial charge >= 0.3 is 6.09 Å². The van der Waals surface area contributed by atoms with Crippen molar-refractivity contribution in [2.75, 3.05) is 26.2 Å². The van der Waals surface area contributed by atoms with E-state index in [0.717, 1.165) is 10.4 Å². The van der Waals surface area contributed by atoms with Crippen molar-refractivity contribution in [1.29, 1.82) is 0 Å². The second-order valence-corrected chi connectivity index (χ2v) is 5.89. The van der Waals surface area contributed by atoms with E-state index < -0.39 is 6.09 Å². The van der Waals surface area contributed by atoms with Crippen LogP contribution in [0.1, 0.15) is 10.4 Å². The average molecular weight is 326 g/mol. The van der Waals surface area contributed by atoms with Crippen LogP contribution >= 0.6 is 0 Å². The third-order valence-electron chi connectivity index (χ3n) is 4.24. The largest absolute Gasteiger partial charge is 0.439 e. The van der Waals surface area contributed by atoms with Gasteiger partial charge in [0.15, 0.2) is 6.61 Å². The zero-order valence-electron chi connectivity index (χ0n) is 12.7. The van der Waals surface area contributed by atoms with Crippen LogP contribution in [0.15, 0.2) is 30.6 Å². The van der Waals surface area contributed by atoms with E-state index in [1.807, 2.05) is 0 Å². The van der Waals surface area contributed by atoms with E-state index in [9.17, 15) is 14.4 Å². The summed E-state index contributed by atoms with van der Waals surface area (Å²) in [5.41, 5.74) is 1.96. The number of nitrogens with zero attached hydrogens (tertiary/aromatic N) is 4. The predicted molar refractivity (Wildman–Crippen MR) is 82.0 cm³/mol. The molecule has 8 nitrogen and oxygen atoms in total. The first-order chi connectivity index (χ1) is 11.6. The summed E-state index contributed by atoms with van der Waals surface area (Å²) >= 11 is 0. The van der Waals surface area contributed by atoms with E-state index in [2.05, 4.69) is 14.7 Å². The standard InChI is InChI=1S/C16H14N4O4/c21-14-9-24-16(23)20(14)8-10-6-19(7-10)15(22)11-1-2-12-13(5-11)18-4-3-17-12/h1-5,10H,6-9H2. The fourth-order valence-electron chi connectivity index (χ4n) is 2.95. The highest BCUT2D eigenvalue weighted by Crippen LogP contribution is 2.22. The smallest absolute Gasteiger partial charge is 0.417 e. The van der Waals surface area contributed by atoms with E-state index in [1.165, 1.54) is 0 Å². The molecule has 3 heterocycles. The molecule has 0 N–H and O–H groups in total. The molecule has 122 valence electrons. The maximum absolute atomic E-state index is 12.5. The van der Waals surface area contributed by atoms with Crippen LogP contribution in [0, 0.1) is 5.92 Å². The molecule has 4 rings (SSSR count). The lowest BCUT2D eigenvalue weighted by atomic mass is 9.98. The number of hydrogen-bond donors (Lipinski definition) is 0. The molecule has 0 unspecified atom stereocenters. The average Bonchev–Trinajstić information content (AvgIpc) is 2.88. The van der Waals surface area contributed by atoms with Crippen LogP contribution < -0.4 is 0 Å². The summed E-state index contributed by atoms with van der Waals surface area (Å²) in [6.07, 6.45) is 2.59. The fourth-order valence-corrected chi connectivity index (χ4v) is 2.95. The van der Waals surface area contributed by atoms with Crippen molar-refractivity contribution in [2.45, 2.75) is 0 Å². The molecule has 24 heavy (non-hydrogen) atoms. The van der Waals surface area contributed by atoms with Gasteiger partial charge in [-0.3, -0.25) is 19.6 Å². The van der Waals surface area contributed by atoms with Crippen LogP contribution in [-0.4, -0.2) is 63.9 Å². The molecule has 2 saturated heterocycles. The monoisotopic (exact) mass is 326 g/mol. The van der Waals surface area contributed by atoms with E-state index >= 15 is 0 Å². The van der Waals surface area contributed by atoms with Crippen molar-refractivity contribution in [3.63, 3.8) is 0 Å². The molecular formula is C16H14N4O4. The molecule has 2 aliphatic heterocycles. The van der Waals surface area contributed by atoms with Crippen LogP contribution in [0.5, 0.6) is 0 Å². The highest BCUT2D eigenvalue weighted by Gasteiger charge is 2.38. The maximum atomic E-state index is 12.5. The van der Waals surface area contributed by atoms with Crippen molar-refractivity contribution in [3.8, 4) is 0 Å². The SMILES string of the molecule is O=C(c1ccc2nccnc2c1)N1CC(CN2C(=O)COC2=O)C1. The fraction of sp³-hybridized carbons (Fsp3) is 0.312. The second kappa shape index (κ2) is 5.55. The van der Waals surface area contributed by atoms with Crippen molar-refractivity contribution >= 4 is 28.9 Å². The first-order valence-electron chi connectivity index (χ1n) is 7.59. The van der Waals surface area contributed by atoms with Gasteiger partial charge in [-0.2, -0.15) is 0 Å². The Labute approximate surface area is 137 Å². The summed E-state index contributed by atoms with van der Waals surface area (Å²) < 4.78 is 4.68. The zero-order valence-corrected chi connectivity index (χ0v) is 12.7. The number of hydrogen-bond acceptors (Lipinski definition) is 6. The van der Waals surface area contributed by atoms with Gasteiger partial charge in [-0.1, -0.05) is 0 Å². The van der Waals surface area contributed by atoms with Crippen LogP contribution in [0.4, 0.5) is 4.79 Å². The number of likely N-dealkylation sites (tertiary alicyclic amines) is 1. The minimum atomic E-state index is -0.599. The quantitative estimate of drug-likeness (QED) is 0.823. The highest BCUT2D eigenvalue weighted by atomic mass is 16.6. The maximum Gasteiger partial charge on any atom is 0.417 e. The van der Waals surface area contributed by atoms with Crippen LogP contribution in [-0.2, 0) is 9.53 Å². The van der Waals surface area contributed by atoms with Gasteiger partial charge < -0.3 is 9.64 Å². The Morgan fingerprint density at radius 1 is 1.17 bits per heavy atom. The number of amides is 3. The van der Waals surface area contributed by atoms with Gasteiger partial charge in [-0.05, 0) is 18.2 Å². The van der Waals surface area contributed by atoms with Gasteiger partial charge in [0.2, 0.25) is 0 Å². The summed E-state index contributed by atoms with van der Waals surface area (Å²) in [6.45, 7) is 1.12. The van der Waals surface area contributed by atoms with Gasteiger partial charge in [0, 0.05) is 43.5 Å². The first-order valence-corrected chi connectivity index (χ1v) is 7.59. The molecule has 0 saturated carbocycles. The molecule has 2 aromatic rings. The van der Waals surface area contributed by atoms with Crippen molar-refractivity contribution in [2.24, 2.45) is 5.92 Å². The van der Waals surface area contributed by atoms with Gasteiger partial charge in [-0.15, -0.1) is 0 Å². The molecule has 3 amide bonds. The minimum Gasteiger partial charge on any atom is -0.439 e. The van der Waals surface area contributed by atoms with E-state index in [-0.39, 0.29) is 24.3 Å². The normalized spacial score (nSPS) is 18.0. The number of imide groups is 1. The van der Waals surface area contributed by atoms with Crippen molar-refractivity contribution in [1.82, 2.24) is 19.8 Å². The Morgan fingerprint density at radius 2 is 1.92 bits per heavy atom. The Morgan fingerprint density at radius 3 is 2.62 bits per heavy atom. The first kappa shape index (κ1) is 14.6. The Bertz CT molecular complexity index is 831. The number of benzene rings is 1. The number of rotatable bonds is 3. The molecule has 0 radical (unpaired) electrons. The van der Waals surface area contributed by atoms with Crippen molar-refractivity contribution in [3.05, 3.63) is 36.2 Å². The molecule has 1 aromatic carbocycles. The molecule has 0 bridgehead atoms. The lowest BCUT2D eigenvalue weighted by molar-refractivity contribution is -0.126. The highest BCUT2D eigenvalue weighted by molar-refractivity contribution is 5.98. The molecule has 0 spiro atoms. The summed E-state index contributed by atoms with van der Waals surface area (Å²) in [5, 5.41) is 0. The molecule has 0 aliphatic carbocycles. The molecule has 1 aromatic heterocycles. The Kier molecular flexibility index (Phi) is 3.37. The van der Waals surface area contributed by atoms with Gasteiger partial charge in [0.05, 0.1) is 11.0 Å². The third-order valence-corrected chi connectivity index (χ3v) is 4.24. The molecule has 0 atom stereocenters. The van der Waals surface area contributed by atoms with E-state index in [4.69, 9.17) is 0 Å². The zero-order chi connectivity index (χ0) is 16.7. The topological polar surface area (TPSA) is 92.7 Å². The Hall–Kier alpha value is -3.03. The number of ether oxygens (including phenoxy) is 1. The van der Waals surface area contributed by atoms with E-state index in [1.54, 1.807) is 35.5 Å². The summed E-state index contributed by atoms with van der Waals surface area (Å²) in [7, 11) is 0. The molecule has 8 heteroatoms. The third kappa shape index (κ3) is 2.45. The van der Waals surface area contributed by atoms with Crippen LogP contribution in [0.3, 0.4) is 0 Å². The number of cyclic esters (lactones) is 1. The summed E-state index contributed by atoms with van der Waals surface area (Å²) in [5.74, 6) is -0.323. The van der Waals surface area contributed by atoms with Gasteiger partial charge in [0.25, 0.3) is 11.8 Å². The summed E-state index contributed by atoms with van der Waals surface area (Å²) in [6, 6.07) is 5.22. The van der Waals surface area contributed by atoms with Gasteiger partial charge in [0.1, 0.15) is 0 Å². The second-order valence-electron chi connectivity index (χ2n) is 5.89. The van der Waals surface area contributed by atoms with Crippen molar-refractivity contribution < 1.29 is 19.1 Å². The predicted octanol–water partition coefficient (Wildman–Crippen LogP) is 0.681. The number of carbonyl (C=O) groups is 3. The van der Waals surface area contributed by atoms with Crippen LogP contribution in [0.2, 0.25) is 0 Å². The molecule has 2 aliphatic rings.